The molecule has 1 unspecified atom stereocenters. The summed E-state index contributed by atoms with van der Waals surface area (Å²) in [6.07, 6.45) is 15.1. The number of hydrogen-bond donors (Lipinski definition) is 4. The molecule has 0 aliphatic carbocycles. The summed E-state index contributed by atoms with van der Waals surface area (Å²) in [5.41, 5.74) is 14.4. The molecule has 0 amide bonds. The van der Waals surface area contributed by atoms with Crippen molar-refractivity contribution in [2.24, 2.45) is 17.2 Å². The van der Waals surface area contributed by atoms with Crippen molar-refractivity contribution < 1.29 is 9.90 Å². The summed E-state index contributed by atoms with van der Waals surface area (Å²) < 4.78 is 0. The minimum Gasteiger partial charge on any atom is -0.480 e. The minimum atomic E-state index is -1.55. The van der Waals surface area contributed by atoms with Gasteiger partial charge in [-0.2, -0.15) is 0 Å². The van der Waals surface area contributed by atoms with Crippen LogP contribution in [0.5, 0.6) is 0 Å². The molecule has 146 valence electrons. The van der Waals surface area contributed by atoms with E-state index in [1.54, 1.807) is 0 Å². The van der Waals surface area contributed by atoms with E-state index in [2.05, 4.69) is 6.92 Å². The average Bonchev–Trinajstić information content (AvgIpc) is 2.46. The second kappa shape index (κ2) is 13.9. The number of rotatable bonds is 15. The van der Waals surface area contributed by atoms with Gasteiger partial charge in [0.1, 0.15) is 5.54 Å². The predicted octanol–water partition coefficient (Wildman–Crippen LogP) is 3.92. The van der Waals surface area contributed by atoms with Gasteiger partial charge in [0.15, 0.2) is 0 Å². The van der Waals surface area contributed by atoms with Crippen LogP contribution in [-0.4, -0.2) is 22.3 Å². The molecule has 0 aliphatic rings. The van der Waals surface area contributed by atoms with Crippen molar-refractivity contribution in [1.82, 2.24) is 0 Å². The molecule has 0 radical (unpaired) electrons. The maximum Gasteiger partial charge on any atom is 0.327 e. The van der Waals surface area contributed by atoms with E-state index in [0.717, 1.165) is 19.3 Å². The van der Waals surface area contributed by atoms with Crippen LogP contribution in [0.3, 0.4) is 0 Å². The Kier molecular flexibility index (Phi) is 15.0. The molecule has 24 heavy (non-hydrogen) atoms. The fraction of sp³-hybridized carbons (Fsp3) is 0.944. The van der Waals surface area contributed by atoms with Crippen LogP contribution in [0.1, 0.15) is 97.3 Å². The molecule has 0 aromatic rings. The van der Waals surface area contributed by atoms with Gasteiger partial charge in [-0.15, -0.1) is 12.4 Å². The van der Waals surface area contributed by atoms with Gasteiger partial charge in [-0.3, -0.25) is 4.79 Å². The summed E-state index contributed by atoms with van der Waals surface area (Å²) in [6.45, 7) is 3.72. The molecule has 0 fully saturated rings. The highest BCUT2D eigenvalue weighted by molar-refractivity contribution is 5.85. The lowest BCUT2D eigenvalue weighted by atomic mass is 9.82. The molecule has 0 saturated carbocycles. The molecule has 1 atom stereocenters. The summed E-state index contributed by atoms with van der Waals surface area (Å²) in [7, 11) is 0. The zero-order valence-corrected chi connectivity index (χ0v) is 16.5. The molecule has 0 aromatic heterocycles. The monoisotopic (exact) mass is 365 g/mol. The standard InChI is InChI=1S/C18H39N3O2.ClH/c1-3-4-5-6-7-8-9-10-11-12-13-14-15-18(21,16(22)23)17(2,19)20;/h3-15,19-21H2,1-2H3,(H,22,23);1H. The van der Waals surface area contributed by atoms with E-state index < -0.39 is 17.2 Å². The molecule has 0 heterocycles. The maximum absolute atomic E-state index is 11.3. The van der Waals surface area contributed by atoms with Crippen LogP contribution in [0.25, 0.3) is 0 Å². The van der Waals surface area contributed by atoms with Crippen LogP contribution in [0.15, 0.2) is 0 Å². The highest BCUT2D eigenvalue weighted by Gasteiger charge is 2.46. The first-order valence-corrected chi connectivity index (χ1v) is 9.35. The van der Waals surface area contributed by atoms with Crippen molar-refractivity contribution in [2.45, 2.75) is 109 Å². The van der Waals surface area contributed by atoms with Gasteiger partial charge in [0, 0.05) is 0 Å². The molecule has 0 saturated heterocycles. The minimum absolute atomic E-state index is 0. The van der Waals surface area contributed by atoms with Crippen molar-refractivity contribution in [3.8, 4) is 0 Å². The Bertz CT molecular complexity index is 322. The van der Waals surface area contributed by atoms with E-state index in [1.807, 2.05) is 0 Å². The average molecular weight is 366 g/mol. The summed E-state index contributed by atoms with van der Waals surface area (Å²) in [4.78, 5) is 11.3. The van der Waals surface area contributed by atoms with E-state index in [1.165, 1.54) is 64.7 Å². The summed E-state index contributed by atoms with van der Waals surface area (Å²) in [5, 5.41) is 9.26. The van der Waals surface area contributed by atoms with Gasteiger partial charge >= 0.3 is 5.97 Å². The quantitative estimate of drug-likeness (QED) is 0.259. The third-order valence-electron chi connectivity index (χ3n) is 4.77. The van der Waals surface area contributed by atoms with Gasteiger partial charge in [0.05, 0.1) is 5.66 Å². The molecule has 5 nitrogen and oxygen atoms in total. The number of carboxylic acid groups (broad SMARTS) is 1. The first kappa shape index (κ1) is 25.9. The van der Waals surface area contributed by atoms with Crippen molar-refractivity contribution in [1.29, 1.82) is 0 Å². The molecule has 0 rings (SSSR count). The molecular formula is C18H40ClN3O2. The van der Waals surface area contributed by atoms with Crippen molar-refractivity contribution in [2.75, 3.05) is 0 Å². The van der Waals surface area contributed by atoms with Crippen molar-refractivity contribution in [3.05, 3.63) is 0 Å². The summed E-state index contributed by atoms with van der Waals surface area (Å²) in [5.74, 6) is -1.12. The molecule has 0 aromatic carbocycles. The number of halogens is 1. The van der Waals surface area contributed by atoms with E-state index >= 15 is 0 Å². The lowest BCUT2D eigenvalue weighted by Gasteiger charge is -2.37. The van der Waals surface area contributed by atoms with Gasteiger partial charge in [-0.05, 0) is 13.3 Å². The van der Waals surface area contributed by atoms with Crippen LogP contribution in [0, 0.1) is 0 Å². The third kappa shape index (κ3) is 10.5. The molecule has 7 N–H and O–H groups in total. The van der Waals surface area contributed by atoms with Crippen LogP contribution < -0.4 is 17.2 Å². The Morgan fingerprint density at radius 1 is 0.792 bits per heavy atom. The van der Waals surface area contributed by atoms with E-state index in [0.29, 0.717) is 6.42 Å². The topological polar surface area (TPSA) is 115 Å². The number of nitrogens with two attached hydrogens (primary N) is 3. The van der Waals surface area contributed by atoms with E-state index in [-0.39, 0.29) is 12.4 Å². The van der Waals surface area contributed by atoms with Crippen LogP contribution >= 0.6 is 12.4 Å². The maximum atomic E-state index is 11.3. The Morgan fingerprint density at radius 3 is 1.42 bits per heavy atom. The number of carboxylic acids is 1. The largest absolute Gasteiger partial charge is 0.480 e. The fourth-order valence-electron chi connectivity index (χ4n) is 2.85. The van der Waals surface area contributed by atoms with Crippen LogP contribution in [0.4, 0.5) is 0 Å². The molecule has 6 heteroatoms. The second-order valence-corrected chi connectivity index (χ2v) is 7.20. The number of carbonyl (C=O) groups is 1. The normalized spacial score (nSPS) is 14.0. The predicted molar refractivity (Wildman–Crippen MR) is 104 cm³/mol. The van der Waals surface area contributed by atoms with Crippen LogP contribution in [-0.2, 0) is 4.79 Å². The van der Waals surface area contributed by atoms with E-state index in [9.17, 15) is 9.90 Å². The molecule has 0 aliphatic heterocycles. The summed E-state index contributed by atoms with van der Waals surface area (Å²) in [6, 6.07) is 0. The highest BCUT2D eigenvalue weighted by Crippen LogP contribution is 2.21. The smallest absolute Gasteiger partial charge is 0.327 e. The SMILES string of the molecule is CCCCCCCCCCCCCCC(N)(C(=O)O)C(C)(N)N.Cl. The van der Waals surface area contributed by atoms with Gasteiger partial charge in [0.2, 0.25) is 0 Å². The Morgan fingerprint density at radius 2 is 1.12 bits per heavy atom. The van der Waals surface area contributed by atoms with Gasteiger partial charge < -0.3 is 22.3 Å². The first-order chi connectivity index (χ1) is 10.8. The zero-order chi connectivity index (χ0) is 17.8. The Balaban J connectivity index is 0. The lowest BCUT2D eigenvalue weighted by Crippen LogP contribution is -2.73. The van der Waals surface area contributed by atoms with Gasteiger partial charge in [-0.25, -0.2) is 0 Å². The number of unbranched alkanes of at least 4 members (excludes halogenated alkanes) is 11. The zero-order valence-electron chi connectivity index (χ0n) is 15.7. The van der Waals surface area contributed by atoms with E-state index in [4.69, 9.17) is 17.2 Å². The van der Waals surface area contributed by atoms with Gasteiger partial charge in [0.25, 0.3) is 0 Å². The summed E-state index contributed by atoms with van der Waals surface area (Å²) >= 11 is 0. The van der Waals surface area contributed by atoms with Gasteiger partial charge in [-0.1, -0.05) is 84.0 Å². The number of aliphatic carboxylic acids is 1. The molecular weight excluding hydrogens is 326 g/mol. The lowest BCUT2D eigenvalue weighted by molar-refractivity contribution is -0.146. The Hall–Kier alpha value is -0.360. The number of hydrogen-bond acceptors (Lipinski definition) is 4. The molecule has 0 spiro atoms. The van der Waals surface area contributed by atoms with Crippen LogP contribution in [0.2, 0.25) is 0 Å². The Labute approximate surface area is 154 Å². The third-order valence-corrected chi connectivity index (χ3v) is 4.77. The first-order valence-electron chi connectivity index (χ1n) is 9.35. The second-order valence-electron chi connectivity index (χ2n) is 7.20. The molecule has 0 bridgehead atoms. The fourth-order valence-corrected chi connectivity index (χ4v) is 2.85. The van der Waals surface area contributed by atoms with Crippen molar-refractivity contribution in [3.63, 3.8) is 0 Å². The van der Waals surface area contributed by atoms with Crippen molar-refractivity contribution >= 4 is 18.4 Å². The highest BCUT2D eigenvalue weighted by atomic mass is 35.5.